The third kappa shape index (κ3) is 8.10. The van der Waals surface area contributed by atoms with Gasteiger partial charge in [-0.2, -0.15) is 8.15 Å². The van der Waals surface area contributed by atoms with Crippen LogP contribution in [-0.4, -0.2) is 10.4 Å². The molecule has 0 aromatic rings. The maximum Gasteiger partial charge on any atom is 0.368 e. The van der Waals surface area contributed by atoms with Crippen LogP contribution in [0.4, 0.5) is 0 Å². The summed E-state index contributed by atoms with van der Waals surface area (Å²) in [4.78, 5) is 0. The van der Waals surface area contributed by atoms with E-state index in [2.05, 4.69) is 12.7 Å². The van der Waals surface area contributed by atoms with Gasteiger partial charge in [0.2, 0.25) is 3.79 Å². The van der Waals surface area contributed by atoms with Crippen molar-refractivity contribution in [2.24, 2.45) is 0 Å². The summed E-state index contributed by atoms with van der Waals surface area (Å²) in [6.45, 7) is -0.219. The lowest BCUT2D eigenvalue weighted by molar-refractivity contribution is 0.282. The van der Waals surface area contributed by atoms with Crippen molar-refractivity contribution in [3.63, 3.8) is 0 Å². The van der Waals surface area contributed by atoms with E-state index in [1.165, 1.54) is 0 Å². The monoisotopic (exact) mass is 280 g/mol. The number of alkyl halides is 3. The topological polar surface area (TPSA) is 27.7 Å². The van der Waals surface area contributed by atoms with E-state index in [0.29, 0.717) is 0 Å². The van der Waals surface area contributed by atoms with Crippen molar-refractivity contribution < 1.29 is 12.7 Å². The Morgan fingerprint density at radius 1 is 1.09 bits per heavy atom. The smallest absolute Gasteiger partial charge is 0.306 e. The zero-order chi connectivity index (χ0) is 8.91. The third-order valence-electron chi connectivity index (χ3n) is 0.446. The lowest BCUT2D eigenvalue weighted by atomic mass is 10.9. The Balaban J connectivity index is 3.51. The van der Waals surface area contributed by atoms with Gasteiger partial charge in [-0.15, -0.1) is 0 Å². The normalized spacial score (nSPS) is 12.5. The summed E-state index contributed by atoms with van der Waals surface area (Å²) >= 11 is 25.7. The van der Waals surface area contributed by atoms with Crippen molar-refractivity contribution in [1.82, 2.24) is 0 Å². The van der Waals surface area contributed by atoms with Crippen LogP contribution >= 0.6 is 67.1 Å². The molecular weight excluding hydrogens is 280 g/mol. The van der Waals surface area contributed by atoms with Crippen LogP contribution in [0.3, 0.4) is 0 Å². The first-order chi connectivity index (χ1) is 4.99. The minimum atomic E-state index is -1.84. The van der Waals surface area contributed by atoms with Crippen molar-refractivity contribution in [3.05, 3.63) is 0 Å². The molecule has 11 heavy (non-hydrogen) atoms. The molecule has 0 bridgehead atoms. The van der Waals surface area contributed by atoms with Crippen molar-refractivity contribution >= 4 is 67.1 Å². The second kappa shape index (κ2) is 6.25. The standard InChI is InChI=1S/C2H2Cl5O3P/c3-2(4,5)1-8-11(9-6)10-7/h1H2. The van der Waals surface area contributed by atoms with Crippen LogP contribution in [0, 0.1) is 0 Å². The van der Waals surface area contributed by atoms with E-state index in [1.54, 1.807) is 0 Å². The first-order valence-corrected chi connectivity index (χ1v) is 4.91. The van der Waals surface area contributed by atoms with Crippen LogP contribution in [0.5, 0.6) is 0 Å². The van der Waals surface area contributed by atoms with Crippen molar-refractivity contribution in [2.75, 3.05) is 6.61 Å². The van der Waals surface area contributed by atoms with Crippen LogP contribution in [0.15, 0.2) is 0 Å². The van der Waals surface area contributed by atoms with E-state index >= 15 is 0 Å². The molecule has 0 heterocycles. The molecule has 0 aliphatic heterocycles. The summed E-state index contributed by atoms with van der Waals surface area (Å²) < 4.78 is 11.3. The molecule has 0 radical (unpaired) electrons. The molecular formula is C2H2Cl5O3P. The van der Waals surface area contributed by atoms with Gasteiger partial charge in [-0.05, 0) is 0 Å². The van der Waals surface area contributed by atoms with E-state index < -0.39 is 12.4 Å². The molecule has 68 valence electrons. The molecule has 0 atom stereocenters. The van der Waals surface area contributed by atoms with Gasteiger partial charge in [0, 0.05) is 0 Å². The maximum absolute atomic E-state index is 5.31. The lowest BCUT2D eigenvalue weighted by Crippen LogP contribution is -2.10. The van der Waals surface area contributed by atoms with Crippen LogP contribution in [-0.2, 0) is 12.7 Å². The molecule has 0 aromatic heterocycles. The average Bonchev–Trinajstić information content (AvgIpc) is 1.88. The minimum absolute atomic E-state index is 0.219. The molecule has 9 heteroatoms. The van der Waals surface area contributed by atoms with E-state index in [0.717, 1.165) is 0 Å². The van der Waals surface area contributed by atoms with Crippen LogP contribution in [0.2, 0.25) is 0 Å². The van der Waals surface area contributed by atoms with E-state index in [1.807, 2.05) is 0 Å². The van der Waals surface area contributed by atoms with E-state index in [4.69, 9.17) is 58.5 Å². The van der Waals surface area contributed by atoms with Gasteiger partial charge in [-0.25, -0.2) is 0 Å². The molecule has 0 N–H and O–H groups in total. The van der Waals surface area contributed by atoms with Gasteiger partial charge in [0.1, 0.15) is 6.61 Å². The Morgan fingerprint density at radius 3 is 1.82 bits per heavy atom. The highest BCUT2D eigenvalue weighted by molar-refractivity contribution is 7.43. The van der Waals surface area contributed by atoms with Gasteiger partial charge >= 0.3 is 8.60 Å². The number of rotatable bonds is 4. The minimum Gasteiger partial charge on any atom is -0.306 e. The van der Waals surface area contributed by atoms with Crippen molar-refractivity contribution in [2.45, 2.75) is 3.79 Å². The molecule has 0 fully saturated rings. The van der Waals surface area contributed by atoms with Gasteiger partial charge in [-0.3, -0.25) is 0 Å². The quantitative estimate of drug-likeness (QED) is 0.577. The largest absolute Gasteiger partial charge is 0.368 e. The van der Waals surface area contributed by atoms with Crippen molar-refractivity contribution in [3.8, 4) is 0 Å². The van der Waals surface area contributed by atoms with Gasteiger partial charge in [0.15, 0.2) is 0 Å². The highest BCUT2D eigenvalue weighted by Crippen LogP contribution is 2.44. The predicted octanol–water partition coefficient (Wildman–Crippen LogP) is 3.94. The fourth-order valence-electron chi connectivity index (χ4n) is 0.176. The molecule has 0 aliphatic rings. The fourth-order valence-corrected chi connectivity index (χ4v) is 1.46. The highest BCUT2D eigenvalue weighted by Gasteiger charge is 2.24. The molecule has 0 unspecified atom stereocenters. The average molecular weight is 282 g/mol. The summed E-state index contributed by atoms with van der Waals surface area (Å²) in [6.07, 6.45) is 0. The third-order valence-corrected chi connectivity index (χ3v) is 2.02. The molecule has 0 rings (SSSR count). The SMILES string of the molecule is ClOP(OCl)OCC(Cl)(Cl)Cl. The van der Waals surface area contributed by atoms with Crippen LogP contribution in [0.1, 0.15) is 0 Å². The van der Waals surface area contributed by atoms with Gasteiger partial charge in [0.25, 0.3) is 0 Å². The first kappa shape index (κ1) is 12.8. The molecule has 3 nitrogen and oxygen atoms in total. The summed E-state index contributed by atoms with van der Waals surface area (Å²) in [6, 6.07) is 0. The van der Waals surface area contributed by atoms with Crippen LogP contribution in [0.25, 0.3) is 0 Å². The molecule has 0 aromatic carbocycles. The number of hydrogen-bond acceptors (Lipinski definition) is 3. The molecule has 0 spiro atoms. The maximum atomic E-state index is 5.31. The first-order valence-electron chi connectivity index (χ1n) is 2.07. The zero-order valence-corrected chi connectivity index (χ0v) is 9.44. The fraction of sp³-hybridized carbons (Fsp3) is 1.00. The van der Waals surface area contributed by atoms with Crippen molar-refractivity contribution in [1.29, 1.82) is 0 Å². The Bertz CT molecular complexity index is 102. The molecule has 0 aliphatic carbocycles. The number of halogens is 5. The Labute approximate surface area is 90.1 Å². The Hall–Kier alpha value is 1.76. The van der Waals surface area contributed by atoms with E-state index in [-0.39, 0.29) is 6.61 Å². The molecule has 0 amide bonds. The van der Waals surface area contributed by atoms with Gasteiger partial charge in [-0.1, -0.05) is 34.8 Å². The van der Waals surface area contributed by atoms with Gasteiger partial charge < -0.3 is 4.52 Å². The van der Waals surface area contributed by atoms with Gasteiger partial charge in [0.05, 0.1) is 23.7 Å². The molecule has 0 saturated heterocycles. The van der Waals surface area contributed by atoms with E-state index in [9.17, 15) is 0 Å². The highest BCUT2D eigenvalue weighted by atomic mass is 35.6. The summed E-state index contributed by atoms with van der Waals surface area (Å²) in [5.41, 5.74) is 0. The van der Waals surface area contributed by atoms with Crippen LogP contribution < -0.4 is 0 Å². The lowest BCUT2D eigenvalue weighted by Gasteiger charge is -2.12. The second-order valence-corrected chi connectivity index (χ2v) is 5.58. The Morgan fingerprint density at radius 2 is 1.55 bits per heavy atom. The molecule has 0 saturated carbocycles. The zero-order valence-electron chi connectivity index (χ0n) is 4.77. The predicted molar refractivity (Wildman–Crippen MR) is 47.0 cm³/mol. The summed E-state index contributed by atoms with van der Waals surface area (Å²) in [5, 5.41) is 0. The second-order valence-electron chi connectivity index (χ2n) is 1.25. The summed E-state index contributed by atoms with van der Waals surface area (Å²) in [7, 11) is -1.84. The Kier molecular flexibility index (Phi) is 7.25. The summed E-state index contributed by atoms with van der Waals surface area (Å²) in [5.74, 6) is 0. The number of hydrogen-bond donors (Lipinski definition) is 0.